The van der Waals surface area contributed by atoms with Crippen LogP contribution in [0.25, 0.3) is 11.0 Å². The van der Waals surface area contributed by atoms with Crippen molar-refractivity contribution in [1.82, 2.24) is 5.32 Å². The highest BCUT2D eigenvalue weighted by molar-refractivity contribution is 6.35. The molecule has 0 radical (unpaired) electrons. The van der Waals surface area contributed by atoms with E-state index in [0.717, 1.165) is 10.9 Å². The lowest BCUT2D eigenvalue weighted by molar-refractivity contribution is -0.140. The first-order chi connectivity index (χ1) is 10.0. The van der Waals surface area contributed by atoms with Gasteiger partial charge in [0, 0.05) is 23.9 Å². The molecule has 1 N–H and O–H groups in total. The van der Waals surface area contributed by atoms with E-state index in [0.29, 0.717) is 23.6 Å². The van der Waals surface area contributed by atoms with E-state index < -0.39 is 0 Å². The van der Waals surface area contributed by atoms with Crippen LogP contribution in [-0.4, -0.2) is 25.5 Å². The summed E-state index contributed by atoms with van der Waals surface area (Å²) in [4.78, 5) is 23.1. The number of carbonyl (C=O) groups excluding carboxylic acids is 2. The second-order valence-corrected chi connectivity index (χ2v) is 5.02. The second-order valence-electron chi connectivity index (χ2n) is 4.61. The van der Waals surface area contributed by atoms with E-state index in [9.17, 15) is 9.59 Å². The Morgan fingerprint density at radius 3 is 2.81 bits per heavy atom. The second kappa shape index (κ2) is 6.63. The van der Waals surface area contributed by atoms with Gasteiger partial charge in [-0.15, -0.1) is 0 Å². The highest BCUT2D eigenvalue weighted by atomic mass is 35.5. The van der Waals surface area contributed by atoms with E-state index in [2.05, 4.69) is 10.1 Å². The first kappa shape index (κ1) is 15.4. The van der Waals surface area contributed by atoms with Gasteiger partial charge in [-0.05, 0) is 19.4 Å². The Morgan fingerprint density at radius 1 is 1.38 bits per heavy atom. The first-order valence-corrected chi connectivity index (χ1v) is 6.95. The van der Waals surface area contributed by atoms with Gasteiger partial charge in [0.2, 0.25) is 0 Å². The Kier molecular flexibility index (Phi) is 4.85. The van der Waals surface area contributed by atoms with Crippen molar-refractivity contribution in [2.75, 3.05) is 13.7 Å². The number of benzene rings is 1. The number of hydrogen-bond donors (Lipinski definition) is 1. The predicted molar refractivity (Wildman–Crippen MR) is 79.5 cm³/mol. The molecule has 0 saturated heterocycles. The van der Waals surface area contributed by atoms with E-state index in [1.807, 2.05) is 19.1 Å². The molecule has 2 aromatic rings. The fraction of sp³-hybridized carbons (Fsp3) is 0.333. The summed E-state index contributed by atoms with van der Waals surface area (Å²) >= 11 is 6.05. The predicted octanol–water partition coefficient (Wildman–Crippen LogP) is 3.08. The van der Waals surface area contributed by atoms with Crippen molar-refractivity contribution in [2.45, 2.75) is 19.8 Å². The number of hydrogen-bond acceptors (Lipinski definition) is 4. The smallest absolute Gasteiger partial charge is 0.305 e. The van der Waals surface area contributed by atoms with Gasteiger partial charge in [-0.3, -0.25) is 9.59 Å². The number of para-hydroxylation sites is 1. The summed E-state index contributed by atoms with van der Waals surface area (Å²) in [5.41, 5.74) is 1.26. The van der Waals surface area contributed by atoms with Crippen molar-refractivity contribution < 1.29 is 18.7 Å². The molecule has 1 amide bonds. The van der Waals surface area contributed by atoms with Crippen LogP contribution in [0.3, 0.4) is 0 Å². The fourth-order valence-electron chi connectivity index (χ4n) is 2.04. The van der Waals surface area contributed by atoms with Gasteiger partial charge in [0.05, 0.1) is 12.1 Å². The molecule has 0 aliphatic heterocycles. The number of ether oxygens (including phenoxy) is 1. The van der Waals surface area contributed by atoms with E-state index >= 15 is 0 Å². The minimum Gasteiger partial charge on any atom is -0.469 e. The monoisotopic (exact) mass is 309 g/mol. The van der Waals surface area contributed by atoms with Crippen LogP contribution in [-0.2, 0) is 9.53 Å². The minimum absolute atomic E-state index is 0.246. The van der Waals surface area contributed by atoms with E-state index in [1.165, 1.54) is 7.11 Å². The van der Waals surface area contributed by atoms with Gasteiger partial charge in [-0.25, -0.2) is 0 Å². The molecular weight excluding hydrogens is 294 g/mol. The fourth-order valence-corrected chi connectivity index (χ4v) is 2.26. The maximum Gasteiger partial charge on any atom is 0.305 e. The Hall–Kier alpha value is -2.01. The largest absolute Gasteiger partial charge is 0.469 e. The molecule has 0 atom stereocenters. The molecule has 0 bridgehead atoms. The summed E-state index contributed by atoms with van der Waals surface area (Å²) in [6.07, 6.45) is 0.778. The summed E-state index contributed by atoms with van der Waals surface area (Å²) in [5.74, 6) is -0.364. The summed E-state index contributed by atoms with van der Waals surface area (Å²) in [6, 6.07) is 5.38. The molecule has 0 aliphatic carbocycles. The molecule has 2 rings (SSSR count). The van der Waals surface area contributed by atoms with Crippen LogP contribution < -0.4 is 5.32 Å². The topological polar surface area (TPSA) is 68.5 Å². The minimum atomic E-state index is -0.315. The normalized spacial score (nSPS) is 10.6. The molecule has 5 nitrogen and oxygen atoms in total. The third kappa shape index (κ3) is 3.36. The number of nitrogens with one attached hydrogen (secondary N) is 1. The van der Waals surface area contributed by atoms with Crippen LogP contribution in [0.2, 0.25) is 5.02 Å². The number of esters is 1. The molecule has 0 aliphatic rings. The van der Waals surface area contributed by atoms with Crippen molar-refractivity contribution in [1.29, 1.82) is 0 Å². The molecule has 0 unspecified atom stereocenters. The van der Waals surface area contributed by atoms with Gasteiger partial charge >= 0.3 is 5.97 Å². The number of fused-ring (bicyclic) bond motifs is 1. The third-order valence-corrected chi connectivity index (χ3v) is 3.49. The Labute approximate surface area is 127 Å². The van der Waals surface area contributed by atoms with Crippen molar-refractivity contribution in [3.8, 4) is 0 Å². The van der Waals surface area contributed by atoms with E-state index in [1.54, 1.807) is 6.07 Å². The number of methoxy groups -OCH3 is 1. The lowest BCUT2D eigenvalue weighted by atomic mass is 10.1. The Morgan fingerprint density at radius 2 is 2.14 bits per heavy atom. The van der Waals surface area contributed by atoms with Crippen LogP contribution >= 0.6 is 11.6 Å². The van der Waals surface area contributed by atoms with Crippen LogP contribution in [0.15, 0.2) is 22.6 Å². The molecule has 0 fully saturated rings. The number of carbonyl (C=O) groups is 2. The molecule has 112 valence electrons. The van der Waals surface area contributed by atoms with Crippen LogP contribution in [0.4, 0.5) is 0 Å². The zero-order valence-corrected chi connectivity index (χ0v) is 12.6. The van der Waals surface area contributed by atoms with Crippen LogP contribution in [0.5, 0.6) is 0 Å². The number of rotatable bonds is 5. The quantitative estimate of drug-likeness (QED) is 0.681. The Balaban J connectivity index is 2.05. The molecule has 1 aromatic carbocycles. The third-order valence-electron chi connectivity index (χ3n) is 3.19. The zero-order valence-electron chi connectivity index (χ0n) is 11.9. The van der Waals surface area contributed by atoms with Crippen molar-refractivity contribution in [3.63, 3.8) is 0 Å². The molecule has 0 spiro atoms. The molecule has 6 heteroatoms. The van der Waals surface area contributed by atoms with Crippen molar-refractivity contribution in [2.24, 2.45) is 0 Å². The number of furan rings is 1. The maximum atomic E-state index is 12.1. The molecular formula is C15H16ClNO4. The zero-order chi connectivity index (χ0) is 15.4. The summed E-state index contributed by atoms with van der Waals surface area (Å²) < 4.78 is 10.1. The molecule has 21 heavy (non-hydrogen) atoms. The highest BCUT2D eigenvalue weighted by Gasteiger charge is 2.18. The number of halogens is 1. The van der Waals surface area contributed by atoms with Crippen LogP contribution in [0, 0.1) is 6.92 Å². The highest BCUT2D eigenvalue weighted by Crippen LogP contribution is 2.30. The van der Waals surface area contributed by atoms with Gasteiger partial charge < -0.3 is 14.5 Å². The standard InChI is InChI=1S/C15H16ClNO4/c1-9-10-5-3-6-11(16)14(10)21-13(9)15(19)17-8-4-7-12(18)20-2/h3,5-6H,4,7-8H2,1-2H3,(H,17,19). The number of amides is 1. The summed E-state index contributed by atoms with van der Waals surface area (Å²) in [5, 5.41) is 4.01. The van der Waals surface area contributed by atoms with Gasteiger partial charge in [-0.2, -0.15) is 0 Å². The van der Waals surface area contributed by atoms with E-state index in [-0.39, 0.29) is 24.1 Å². The summed E-state index contributed by atoms with van der Waals surface area (Å²) in [6.45, 7) is 2.18. The Bertz CT molecular complexity index is 678. The van der Waals surface area contributed by atoms with Gasteiger partial charge in [0.25, 0.3) is 5.91 Å². The first-order valence-electron chi connectivity index (χ1n) is 6.57. The summed E-state index contributed by atoms with van der Waals surface area (Å²) in [7, 11) is 1.34. The average Bonchev–Trinajstić information content (AvgIpc) is 2.82. The molecule has 1 heterocycles. The average molecular weight is 310 g/mol. The molecule has 0 saturated carbocycles. The van der Waals surface area contributed by atoms with E-state index in [4.69, 9.17) is 16.0 Å². The molecule has 1 aromatic heterocycles. The number of aryl methyl sites for hydroxylation is 1. The van der Waals surface area contributed by atoms with Crippen molar-refractivity contribution in [3.05, 3.63) is 34.5 Å². The SMILES string of the molecule is COC(=O)CCCNC(=O)c1oc2c(Cl)cccc2c1C. The van der Waals surface area contributed by atoms with Gasteiger partial charge in [-0.1, -0.05) is 23.7 Å². The van der Waals surface area contributed by atoms with Crippen molar-refractivity contribution >= 4 is 34.4 Å². The van der Waals surface area contributed by atoms with Gasteiger partial charge in [0.15, 0.2) is 11.3 Å². The lowest BCUT2D eigenvalue weighted by Crippen LogP contribution is -2.25. The maximum absolute atomic E-state index is 12.1. The van der Waals surface area contributed by atoms with Gasteiger partial charge in [0.1, 0.15) is 0 Å². The lowest BCUT2D eigenvalue weighted by Gasteiger charge is -2.03. The van der Waals surface area contributed by atoms with Crippen LogP contribution in [0.1, 0.15) is 29.0 Å².